The third kappa shape index (κ3) is 11.0. The summed E-state index contributed by atoms with van der Waals surface area (Å²) in [4.78, 5) is 58.5. The van der Waals surface area contributed by atoms with Gasteiger partial charge in [-0.25, -0.2) is 4.79 Å². The van der Waals surface area contributed by atoms with Crippen LogP contribution < -0.4 is 21.7 Å². The largest absolute Gasteiger partial charge is 0.481 e. The van der Waals surface area contributed by atoms with Crippen molar-refractivity contribution < 1.29 is 34.2 Å². The number of nitrogens with one attached hydrogen (secondary N) is 3. The predicted molar refractivity (Wildman–Crippen MR) is 112 cm³/mol. The van der Waals surface area contributed by atoms with E-state index in [2.05, 4.69) is 16.0 Å². The first-order valence-electron chi connectivity index (χ1n) is 9.59. The van der Waals surface area contributed by atoms with Crippen LogP contribution in [0.1, 0.15) is 39.5 Å². The number of hydrogen-bond donors (Lipinski definition) is 6. The van der Waals surface area contributed by atoms with Gasteiger partial charge in [-0.3, -0.25) is 19.2 Å². The first-order valence-corrected chi connectivity index (χ1v) is 11.0. The van der Waals surface area contributed by atoms with Gasteiger partial charge in [0.15, 0.2) is 0 Å². The van der Waals surface area contributed by atoms with Crippen LogP contribution in [0.25, 0.3) is 0 Å². The van der Waals surface area contributed by atoms with Crippen LogP contribution in [0.2, 0.25) is 0 Å². The van der Waals surface area contributed by atoms with Crippen LogP contribution >= 0.6 is 11.8 Å². The van der Waals surface area contributed by atoms with Crippen molar-refractivity contribution >= 4 is 41.4 Å². The van der Waals surface area contributed by atoms with Crippen LogP contribution in [0.3, 0.4) is 0 Å². The summed E-state index contributed by atoms with van der Waals surface area (Å²) in [5.74, 6) is -3.93. The standard InChI is InChI=1S/C18H32N4O7S/c1-4-10(2)15(18(28)29)22-13(23)9-20-17(27)12(7-8-30-3)21-16(26)11(19)5-6-14(24)25/h10-12,15H,4-9,19H2,1-3H3,(H,20,27)(H,21,26)(H,22,23)(H,24,25)(H,28,29). The van der Waals surface area contributed by atoms with E-state index in [1.165, 1.54) is 11.8 Å². The van der Waals surface area contributed by atoms with E-state index < -0.39 is 54.3 Å². The average molecular weight is 449 g/mol. The number of amides is 3. The van der Waals surface area contributed by atoms with Crippen molar-refractivity contribution in [2.45, 2.75) is 57.7 Å². The molecule has 7 N–H and O–H groups in total. The lowest BCUT2D eigenvalue weighted by molar-refractivity contribution is -0.143. The van der Waals surface area contributed by atoms with Gasteiger partial charge in [-0.2, -0.15) is 11.8 Å². The van der Waals surface area contributed by atoms with Gasteiger partial charge in [0, 0.05) is 6.42 Å². The fraction of sp³-hybridized carbons (Fsp3) is 0.722. The fourth-order valence-corrected chi connectivity index (χ4v) is 2.86. The summed E-state index contributed by atoms with van der Waals surface area (Å²) in [7, 11) is 0. The second kappa shape index (κ2) is 14.6. The zero-order chi connectivity index (χ0) is 23.3. The third-order valence-corrected chi connectivity index (χ3v) is 5.11. The molecule has 0 aliphatic rings. The molecule has 0 aromatic heterocycles. The molecule has 12 heteroatoms. The number of carboxylic acid groups (broad SMARTS) is 2. The second-order valence-electron chi connectivity index (χ2n) is 6.87. The number of carbonyl (C=O) groups is 5. The molecule has 0 heterocycles. The van der Waals surface area contributed by atoms with Crippen molar-refractivity contribution in [3.8, 4) is 0 Å². The van der Waals surface area contributed by atoms with Gasteiger partial charge in [0.05, 0.1) is 12.6 Å². The molecule has 0 aliphatic heterocycles. The highest BCUT2D eigenvalue weighted by molar-refractivity contribution is 7.98. The van der Waals surface area contributed by atoms with E-state index in [9.17, 15) is 29.1 Å². The lowest BCUT2D eigenvalue weighted by Crippen LogP contribution is -2.54. The van der Waals surface area contributed by atoms with E-state index in [4.69, 9.17) is 10.8 Å². The Labute approximate surface area is 179 Å². The summed E-state index contributed by atoms with van der Waals surface area (Å²) in [6, 6.07) is -3.11. The zero-order valence-electron chi connectivity index (χ0n) is 17.5. The van der Waals surface area contributed by atoms with Gasteiger partial charge in [-0.15, -0.1) is 0 Å². The van der Waals surface area contributed by atoms with E-state index in [1.54, 1.807) is 13.8 Å². The maximum absolute atomic E-state index is 12.4. The number of carbonyl (C=O) groups excluding carboxylic acids is 3. The SMILES string of the molecule is CCC(C)C(NC(=O)CNC(=O)C(CCSC)NC(=O)C(N)CCC(=O)O)C(=O)O. The molecule has 0 bridgehead atoms. The van der Waals surface area contributed by atoms with Crippen LogP contribution in [0.5, 0.6) is 0 Å². The number of thioether (sulfide) groups is 1. The fourth-order valence-electron chi connectivity index (χ4n) is 2.39. The molecule has 0 spiro atoms. The minimum atomic E-state index is -1.16. The van der Waals surface area contributed by atoms with Crippen molar-refractivity contribution in [2.24, 2.45) is 11.7 Å². The molecular formula is C18H32N4O7S. The molecule has 0 aliphatic carbocycles. The van der Waals surface area contributed by atoms with Crippen molar-refractivity contribution in [2.75, 3.05) is 18.6 Å². The molecule has 172 valence electrons. The van der Waals surface area contributed by atoms with Crippen molar-refractivity contribution in [1.29, 1.82) is 0 Å². The van der Waals surface area contributed by atoms with Gasteiger partial charge in [0.2, 0.25) is 17.7 Å². The van der Waals surface area contributed by atoms with Gasteiger partial charge in [-0.05, 0) is 30.8 Å². The Bertz CT molecular complexity index is 617. The highest BCUT2D eigenvalue weighted by Gasteiger charge is 2.27. The van der Waals surface area contributed by atoms with Crippen molar-refractivity contribution in [3.63, 3.8) is 0 Å². The number of aliphatic carboxylic acids is 2. The van der Waals surface area contributed by atoms with Crippen LogP contribution in [-0.4, -0.2) is 76.6 Å². The molecule has 4 unspecified atom stereocenters. The molecule has 4 atom stereocenters. The molecule has 0 aromatic carbocycles. The van der Waals surface area contributed by atoms with Crippen LogP contribution in [0.4, 0.5) is 0 Å². The Morgan fingerprint density at radius 3 is 2.17 bits per heavy atom. The van der Waals surface area contributed by atoms with E-state index in [0.717, 1.165) is 0 Å². The number of nitrogens with two attached hydrogens (primary N) is 1. The zero-order valence-corrected chi connectivity index (χ0v) is 18.3. The molecule has 0 saturated heterocycles. The summed E-state index contributed by atoms with van der Waals surface area (Å²) < 4.78 is 0. The minimum absolute atomic E-state index is 0.0768. The van der Waals surface area contributed by atoms with Crippen LogP contribution in [-0.2, 0) is 24.0 Å². The first-order chi connectivity index (χ1) is 14.0. The molecule has 0 rings (SSSR count). The Balaban J connectivity index is 4.82. The third-order valence-electron chi connectivity index (χ3n) is 4.47. The van der Waals surface area contributed by atoms with E-state index in [1.807, 2.05) is 6.26 Å². The highest BCUT2D eigenvalue weighted by Crippen LogP contribution is 2.08. The molecule has 0 aromatic rings. The van der Waals surface area contributed by atoms with Crippen LogP contribution in [0.15, 0.2) is 0 Å². The lowest BCUT2D eigenvalue weighted by Gasteiger charge is -2.22. The number of rotatable bonds is 15. The van der Waals surface area contributed by atoms with Gasteiger partial charge in [-0.1, -0.05) is 20.3 Å². The predicted octanol–water partition coefficient (Wildman–Crippen LogP) is -0.852. The molecule has 0 radical (unpaired) electrons. The van der Waals surface area contributed by atoms with E-state index in [0.29, 0.717) is 12.2 Å². The van der Waals surface area contributed by atoms with Gasteiger partial charge in [0.1, 0.15) is 12.1 Å². The molecule has 11 nitrogen and oxygen atoms in total. The van der Waals surface area contributed by atoms with Crippen molar-refractivity contribution in [3.05, 3.63) is 0 Å². The molecule has 3 amide bonds. The molecular weight excluding hydrogens is 416 g/mol. The Morgan fingerprint density at radius 2 is 1.67 bits per heavy atom. The van der Waals surface area contributed by atoms with Gasteiger partial charge < -0.3 is 31.9 Å². The Kier molecular flexibility index (Phi) is 13.5. The summed E-state index contributed by atoms with van der Waals surface area (Å²) in [5.41, 5.74) is 5.66. The first kappa shape index (κ1) is 27.7. The number of carboxylic acids is 2. The number of hydrogen-bond acceptors (Lipinski definition) is 7. The quantitative estimate of drug-likeness (QED) is 0.185. The van der Waals surface area contributed by atoms with E-state index in [-0.39, 0.29) is 25.2 Å². The van der Waals surface area contributed by atoms with Crippen LogP contribution in [0, 0.1) is 5.92 Å². The molecule has 0 fully saturated rings. The Hall–Kier alpha value is -2.34. The van der Waals surface area contributed by atoms with Crippen molar-refractivity contribution in [1.82, 2.24) is 16.0 Å². The molecule has 30 heavy (non-hydrogen) atoms. The van der Waals surface area contributed by atoms with E-state index >= 15 is 0 Å². The maximum Gasteiger partial charge on any atom is 0.326 e. The summed E-state index contributed by atoms with van der Waals surface area (Å²) in [6.45, 7) is 3.05. The average Bonchev–Trinajstić information content (AvgIpc) is 2.70. The lowest BCUT2D eigenvalue weighted by atomic mass is 9.99. The normalized spacial score (nSPS) is 14.7. The summed E-state index contributed by atoms with van der Waals surface area (Å²) in [5, 5.41) is 25.1. The smallest absolute Gasteiger partial charge is 0.326 e. The van der Waals surface area contributed by atoms with Gasteiger partial charge in [0.25, 0.3) is 0 Å². The summed E-state index contributed by atoms with van der Waals surface area (Å²) in [6.07, 6.45) is 2.29. The Morgan fingerprint density at radius 1 is 1.03 bits per heavy atom. The highest BCUT2D eigenvalue weighted by atomic mass is 32.2. The maximum atomic E-state index is 12.4. The molecule has 0 saturated carbocycles. The minimum Gasteiger partial charge on any atom is -0.481 e. The topological polar surface area (TPSA) is 188 Å². The van der Waals surface area contributed by atoms with Gasteiger partial charge >= 0.3 is 11.9 Å². The summed E-state index contributed by atoms with van der Waals surface area (Å²) >= 11 is 1.45. The monoisotopic (exact) mass is 448 g/mol. The second-order valence-corrected chi connectivity index (χ2v) is 7.85.